The summed E-state index contributed by atoms with van der Waals surface area (Å²) in [5.74, 6) is 0.154. The lowest BCUT2D eigenvalue weighted by Gasteiger charge is -2.33. The molecule has 7 heteroatoms. The van der Waals surface area contributed by atoms with Crippen LogP contribution < -0.4 is 5.32 Å². The largest absolute Gasteiger partial charge is 0.331 e. The zero-order chi connectivity index (χ0) is 18.1. The predicted octanol–water partition coefficient (Wildman–Crippen LogP) is 5.09. The molecule has 1 aliphatic heterocycles. The second-order valence-electron chi connectivity index (χ2n) is 6.65. The van der Waals surface area contributed by atoms with Crippen molar-refractivity contribution >= 4 is 47.3 Å². The Labute approximate surface area is 170 Å². The molecule has 1 heterocycles. The normalized spacial score (nSPS) is 16.4. The number of rotatable bonds is 2. The predicted molar refractivity (Wildman–Crippen MR) is 111 cm³/mol. The fourth-order valence-electron chi connectivity index (χ4n) is 3.20. The Kier molecular flexibility index (Phi) is 6.80. The lowest BCUT2D eigenvalue weighted by molar-refractivity contribution is 0.230. The molecule has 0 saturated heterocycles. The number of fused-ring (bicyclic) bond motifs is 1. The summed E-state index contributed by atoms with van der Waals surface area (Å²) < 4.78 is 0. The van der Waals surface area contributed by atoms with Gasteiger partial charge in [0.05, 0.1) is 0 Å². The lowest BCUT2D eigenvalue weighted by atomic mass is 9.84. The first-order valence-corrected chi connectivity index (χ1v) is 8.85. The van der Waals surface area contributed by atoms with Crippen molar-refractivity contribution in [3.63, 3.8) is 0 Å². The van der Waals surface area contributed by atoms with Crippen LogP contribution in [0.25, 0.3) is 0 Å². The van der Waals surface area contributed by atoms with Gasteiger partial charge in [-0.25, -0.2) is 4.79 Å². The van der Waals surface area contributed by atoms with Crippen LogP contribution in [-0.2, 0) is 6.54 Å². The van der Waals surface area contributed by atoms with Gasteiger partial charge in [-0.15, -0.1) is 12.4 Å². The third kappa shape index (κ3) is 4.44. The van der Waals surface area contributed by atoms with Gasteiger partial charge in [-0.3, -0.25) is 0 Å². The van der Waals surface area contributed by atoms with E-state index in [0.717, 1.165) is 35.5 Å². The second-order valence-corrected chi connectivity index (χ2v) is 7.50. The van der Waals surface area contributed by atoms with E-state index < -0.39 is 0 Å². The fourth-order valence-corrected chi connectivity index (χ4v) is 3.77. The number of anilines is 1. The van der Waals surface area contributed by atoms with Crippen LogP contribution in [0.4, 0.5) is 10.5 Å². The lowest BCUT2D eigenvalue weighted by Crippen LogP contribution is -2.31. The van der Waals surface area contributed by atoms with E-state index >= 15 is 0 Å². The van der Waals surface area contributed by atoms with Crippen LogP contribution in [0, 0.1) is 0 Å². The first-order chi connectivity index (χ1) is 11.8. The van der Waals surface area contributed by atoms with Crippen LogP contribution in [0.15, 0.2) is 36.4 Å². The summed E-state index contributed by atoms with van der Waals surface area (Å²) >= 11 is 12.7. The molecule has 0 radical (unpaired) electrons. The third-order valence-electron chi connectivity index (χ3n) is 4.44. The van der Waals surface area contributed by atoms with E-state index in [1.165, 1.54) is 4.90 Å². The number of amides is 2. The van der Waals surface area contributed by atoms with Gasteiger partial charge in [-0.1, -0.05) is 35.3 Å². The highest BCUT2D eigenvalue weighted by molar-refractivity contribution is 6.35. The zero-order valence-electron chi connectivity index (χ0n) is 14.9. The highest BCUT2D eigenvalue weighted by Crippen LogP contribution is 2.38. The Bertz CT molecular complexity index is 811. The Hall–Kier alpha value is -1.46. The van der Waals surface area contributed by atoms with Crippen LogP contribution in [0.2, 0.25) is 10.0 Å². The van der Waals surface area contributed by atoms with E-state index in [0.29, 0.717) is 10.0 Å². The molecular weight excluding hydrogens is 393 g/mol. The van der Waals surface area contributed by atoms with Gasteiger partial charge < -0.3 is 15.1 Å². The molecule has 3 rings (SSSR count). The number of carbonyl (C=O) groups is 1. The quantitative estimate of drug-likeness (QED) is 0.743. The SMILES string of the molecule is CN1Cc2c(Cl)cc(Cl)cc2C(c2cccc(NC(=O)N(C)C)c2)C1.Cl. The minimum absolute atomic E-state index is 0. The minimum Gasteiger partial charge on any atom is -0.331 e. The summed E-state index contributed by atoms with van der Waals surface area (Å²) in [5.41, 5.74) is 4.18. The zero-order valence-corrected chi connectivity index (χ0v) is 17.3. The molecule has 2 aromatic rings. The topological polar surface area (TPSA) is 35.6 Å². The average molecular weight is 415 g/mol. The molecule has 0 aliphatic carbocycles. The van der Waals surface area contributed by atoms with E-state index in [1.807, 2.05) is 24.3 Å². The van der Waals surface area contributed by atoms with Gasteiger partial charge in [0.15, 0.2) is 0 Å². The van der Waals surface area contributed by atoms with Crippen LogP contribution in [0.5, 0.6) is 0 Å². The molecule has 2 amide bonds. The molecule has 2 aromatic carbocycles. The molecule has 4 nitrogen and oxygen atoms in total. The number of likely N-dealkylation sites (N-methyl/N-ethyl adjacent to an activating group) is 1. The van der Waals surface area contributed by atoms with Crippen LogP contribution in [0.3, 0.4) is 0 Å². The van der Waals surface area contributed by atoms with Crippen molar-refractivity contribution in [2.24, 2.45) is 0 Å². The van der Waals surface area contributed by atoms with Gasteiger partial charge in [0.25, 0.3) is 0 Å². The molecule has 0 bridgehead atoms. The average Bonchev–Trinajstić information content (AvgIpc) is 2.55. The second kappa shape index (κ2) is 8.49. The molecule has 26 heavy (non-hydrogen) atoms. The number of halogens is 3. The summed E-state index contributed by atoms with van der Waals surface area (Å²) in [4.78, 5) is 15.7. The van der Waals surface area contributed by atoms with E-state index in [4.69, 9.17) is 23.2 Å². The fraction of sp³-hybridized carbons (Fsp3) is 0.316. The maximum absolute atomic E-state index is 11.9. The van der Waals surface area contributed by atoms with E-state index in [2.05, 4.69) is 23.3 Å². The van der Waals surface area contributed by atoms with Crippen molar-refractivity contribution in [3.8, 4) is 0 Å². The number of nitrogens with one attached hydrogen (secondary N) is 1. The minimum atomic E-state index is -0.149. The maximum atomic E-state index is 11.9. The first-order valence-electron chi connectivity index (χ1n) is 8.10. The summed E-state index contributed by atoms with van der Waals surface area (Å²) in [6, 6.07) is 11.6. The van der Waals surface area contributed by atoms with E-state index in [1.54, 1.807) is 20.2 Å². The van der Waals surface area contributed by atoms with Crippen molar-refractivity contribution < 1.29 is 4.79 Å². The van der Waals surface area contributed by atoms with Crippen molar-refractivity contribution in [3.05, 3.63) is 63.1 Å². The van der Waals surface area contributed by atoms with Crippen LogP contribution >= 0.6 is 35.6 Å². The Morgan fingerprint density at radius 3 is 2.65 bits per heavy atom. The molecule has 0 spiro atoms. The number of hydrogen-bond acceptors (Lipinski definition) is 2. The van der Waals surface area contributed by atoms with Gasteiger partial charge in [-0.05, 0) is 48.0 Å². The van der Waals surface area contributed by atoms with Crippen LogP contribution in [0.1, 0.15) is 22.6 Å². The van der Waals surface area contributed by atoms with Gasteiger partial charge >= 0.3 is 6.03 Å². The highest BCUT2D eigenvalue weighted by atomic mass is 35.5. The van der Waals surface area contributed by atoms with Gasteiger partial charge in [0.2, 0.25) is 0 Å². The number of hydrogen-bond donors (Lipinski definition) is 1. The molecule has 1 unspecified atom stereocenters. The molecule has 0 fully saturated rings. The third-order valence-corrected chi connectivity index (χ3v) is 4.99. The van der Waals surface area contributed by atoms with Crippen molar-refractivity contribution in [2.75, 3.05) is 33.0 Å². The molecule has 140 valence electrons. The smallest absolute Gasteiger partial charge is 0.321 e. The first kappa shape index (κ1) is 20.8. The Morgan fingerprint density at radius 2 is 1.96 bits per heavy atom. The van der Waals surface area contributed by atoms with Gasteiger partial charge in [-0.2, -0.15) is 0 Å². The summed E-state index contributed by atoms with van der Waals surface area (Å²) in [6.07, 6.45) is 0. The van der Waals surface area contributed by atoms with Crippen LogP contribution in [-0.4, -0.2) is 43.5 Å². The Morgan fingerprint density at radius 1 is 1.23 bits per heavy atom. The summed E-state index contributed by atoms with van der Waals surface area (Å²) in [5, 5.41) is 4.25. The summed E-state index contributed by atoms with van der Waals surface area (Å²) in [7, 11) is 5.52. The molecule has 1 atom stereocenters. The number of nitrogens with zero attached hydrogens (tertiary/aromatic N) is 2. The molecule has 0 saturated carbocycles. The Balaban J connectivity index is 0.00000243. The van der Waals surface area contributed by atoms with Crippen molar-refractivity contribution in [1.29, 1.82) is 0 Å². The molecule has 1 aliphatic rings. The van der Waals surface area contributed by atoms with Gasteiger partial charge in [0.1, 0.15) is 0 Å². The number of benzene rings is 2. The number of carbonyl (C=O) groups excluding carboxylic acids is 1. The highest BCUT2D eigenvalue weighted by Gasteiger charge is 2.27. The molecule has 1 N–H and O–H groups in total. The van der Waals surface area contributed by atoms with E-state index in [-0.39, 0.29) is 24.4 Å². The van der Waals surface area contributed by atoms with Crippen molar-refractivity contribution in [2.45, 2.75) is 12.5 Å². The standard InChI is InChI=1S/C19H21Cl2N3O.ClH/c1-23(2)19(25)22-14-6-4-5-12(7-14)16-10-24(3)11-17-15(16)8-13(20)9-18(17)21;/h4-9,16H,10-11H2,1-3H3,(H,22,25);1H. The molecule has 0 aromatic heterocycles. The van der Waals surface area contributed by atoms with E-state index in [9.17, 15) is 4.79 Å². The molecular formula is C19H22Cl3N3O. The summed E-state index contributed by atoms with van der Waals surface area (Å²) in [6.45, 7) is 1.67. The maximum Gasteiger partial charge on any atom is 0.321 e. The van der Waals surface area contributed by atoms with Crippen molar-refractivity contribution in [1.82, 2.24) is 9.80 Å². The number of urea groups is 1. The monoisotopic (exact) mass is 413 g/mol. The van der Waals surface area contributed by atoms with Gasteiger partial charge in [0, 0.05) is 48.8 Å².